The van der Waals surface area contributed by atoms with Crippen LogP contribution in [-0.4, -0.2) is 75.3 Å². The van der Waals surface area contributed by atoms with Crippen LogP contribution in [0.25, 0.3) is 0 Å². The second-order valence-electron chi connectivity index (χ2n) is 8.19. The molecule has 2 aromatic rings. The Bertz CT molecular complexity index is 1120. The molecule has 0 aliphatic rings. The Balaban J connectivity index is 1.57. The lowest BCUT2D eigenvalue weighted by atomic mass is 10.3. The molecule has 2 N–H and O–H groups in total. The first kappa shape index (κ1) is 33.1. The van der Waals surface area contributed by atoms with Crippen molar-refractivity contribution < 1.29 is 57.2 Å². The number of nitrogens with one attached hydrogen (secondary N) is 2. The molecule has 0 atom stereocenters. The lowest BCUT2D eigenvalue weighted by Crippen LogP contribution is -2.21. The molecular weight excluding hydrogens is 556 g/mol. The number of carbonyl (C=O) groups excluding carboxylic acids is 6. The maximum absolute atomic E-state index is 11.9. The molecule has 14 heteroatoms. The van der Waals surface area contributed by atoms with Crippen molar-refractivity contribution in [3.05, 3.63) is 48.5 Å². The fourth-order valence-electron chi connectivity index (χ4n) is 2.84. The van der Waals surface area contributed by atoms with Crippen LogP contribution in [0.3, 0.4) is 0 Å². The Kier molecular flexibility index (Phi) is 14.4. The maximum Gasteiger partial charge on any atom is 0.344 e. The topological polar surface area (TPSA) is 182 Å². The highest BCUT2D eigenvalue weighted by Crippen LogP contribution is 2.17. The molecule has 14 nitrogen and oxygen atoms in total. The van der Waals surface area contributed by atoms with E-state index in [-0.39, 0.29) is 26.1 Å². The van der Waals surface area contributed by atoms with Crippen LogP contribution in [0.2, 0.25) is 0 Å². The first-order valence-electron chi connectivity index (χ1n) is 12.9. The number of amides is 2. The fourth-order valence-corrected chi connectivity index (χ4v) is 2.84. The molecule has 0 saturated carbocycles. The molecule has 226 valence electrons. The zero-order valence-electron chi connectivity index (χ0n) is 23.2. The Morgan fingerprint density at radius 2 is 0.857 bits per heavy atom. The molecule has 0 unspecified atom stereocenters. The summed E-state index contributed by atoms with van der Waals surface area (Å²) < 4.78 is 30.0. The molecule has 42 heavy (non-hydrogen) atoms. The third kappa shape index (κ3) is 13.8. The molecule has 2 rings (SSSR count). The van der Waals surface area contributed by atoms with E-state index in [0.717, 1.165) is 0 Å². The van der Waals surface area contributed by atoms with Crippen LogP contribution in [-0.2, 0) is 47.7 Å². The summed E-state index contributed by atoms with van der Waals surface area (Å²) in [4.78, 5) is 69.4. The monoisotopic (exact) mass is 588 g/mol. The van der Waals surface area contributed by atoms with Gasteiger partial charge in [-0.2, -0.15) is 0 Å². The van der Waals surface area contributed by atoms with Crippen molar-refractivity contribution in [2.45, 2.75) is 26.7 Å². The zero-order chi connectivity index (χ0) is 30.7. The molecule has 0 fully saturated rings. The fraction of sp³-hybridized carbons (Fsp3) is 0.357. The molecule has 0 aliphatic heterocycles. The van der Waals surface area contributed by atoms with Crippen molar-refractivity contribution in [3.63, 3.8) is 0 Å². The predicted octanol–water partition coefficient (Wildman–Crippen LogP) is 2.01. The van der Waals surface area contributed by atoms with Crippen LogP contribution < -0.4 is 20.1 Å². The molecule has 2 amide bonds. The molecule has 0 aromatic heterocycles. The van der Waals surface area contributed by atoms with Gasteiger partial charge >= 0.3 is 23.9 Å². The minimum Gasteiger partial charge on any atom is -0.482 e. The SMILES string of the molecule is CCC(=O)OCC(=O)Nc1ccc(OCC(=O)OCCOC(=O)COc2ccc(NC(=O)COC(=O)CC)cc2)cc1. The average Bonchev–Trinajstić information content (AvgIpc) is 3.00. The van der Waals surface area contributed by atoms with E-state index in [1.165, 1.54) is 24.3 Å². The van der Waals surface area contributed by atoms with Gasteiger partial charge in [-0.1, -0.05) is 13.8 Å². The normalized spacial score (nSPS) is 10.0. The summed E-state index contributed by atoms with van der Waals surface area (Å²) in [5, 5.41) is 5.10. The van der Waals surface area contributed by atoms with E-state index in [1.54, 1.807) is 38.1 Å². The van der Waals surface area contributed by atoms with Crippen molar-refractivity contribution in [1.82, 2.24) is 0 Å². The third-order valence-electron chi connectivity index (χ3n) is 4.90. The van der Waals surface area contributed by atoms with E-state index in [0.29, 0.717) is 22.9 Å². The van der Waals surface area contributed by atoms with Gasteiger partial charge in [0.2, 0.25) is 0 Å². The highest BCUT2D eigenvalue weighted by atomic mass is 16.6. The van der Waals surface area contributed by atoms with Gasteiger partial charge in [0, 0.05) is 24.2 Å². The number of hydrogen-bond donors (Lipinski definition) is 2. The van der Waals surface area contributed by atoms with Gasteiger partial charge in [-0.3, -0.25) is 19.2 Å². The third-order valence-corrected chi connectivity index (χ3v) is 4.90. The summed E-state index contributed by atoms with van der Waals surface area (Å²) in [6, 6.07) is 12.3. The highest BCUT2D eigenvalue weighted by Gasteiger charge is 2.10. The Morgan fingerprint density at radius 3 is 1.19 bits per heavy atom. The van der Waals surface area contributed by atoms with Crippen LogP contribution in [0.15, 0.2) is 48.5 Å². The summed E-state index contributed by atoms with van der Waals surface area (Å²) in [5.74, 6) is -2.63. The van der Waals surface area contributed by atoms with Gasteiger partial charge in [0.15, 0.2) is 26.4 Å². The summed E-state index contributed by atoms with van der Waals surface area (Å²) in [7, 11) is 0. The van der Waals surface area contributed by atoms with E-state index in [1.807, 2.05) is 0 Å². The van der Waals surface area contributed by atoms with E-state index in [2.05, 4.69) is 10.6 Å². The minimum atomic E-state index is -0.687. The van der Waals surface area contributed by atoms with Crippen LogP contribution in [0.4, 0.5) is 11.4 Å². The number of carbonyl (C=O) groups is 6. The standard InChI is InChI=1S/C28H32N2O12/c1-3-25(33)41-15-23(31)29-19-5-9-21(10-6-19)39-17-27(35)37-13-14-38-28(36)18-40-22-11-7-20(8-12-22)30-24(32)16-42-26(34)4-2/h5-12H,3-4,13-18H2,1-2H3,(H,29,31)(H,30,32). The van der Waals surface area contributed by atoms with Gasteiger partial charge in [-0.25, -0.2) is 9.59 Å². The Hall–Kier alpha value is -5.14. The van der Waals surface area contributed by atoms with Crippen LogP contribution in [0.1, 0.15) is 26.7 Å². The summed E-state index contributed by atoms with van der Waals surface area (Å²) in [6.07, 6.45) is 0.346. The molecule has 0 spiro atoms. The average molecular weight is 589 g/mol. The summed E-state index contributed by atoms with van der Waals surface area (Å²) in [6.45, 7) is 1.29. The second kappa shape index (κ2) is 18.3. The van der Waals surface area contributed by atoms with E-state index < -0.39 is 62.1 Å². The highest BCUT2D eigenvalue weighted by molar-refractivity contribution is 5.93. The number of rotatable bonds is 17. The van der Waals surface area contributed by atoms with Gasteiger partial charge in [0.1, 0.15) is 24.7 Å². The molecule has 2 aromatic carbocycles. The minimum absolute atomic E-state index is 0.173. The molecule has 0 heterocycles. The number of anilines is 2. The van der Waals surface area contributed by atoms with Crippen molar-refractivity contribution in [3.8, 4) is 11.5 Å². The van der Waals surface area contributed by atoms with Crippen LogP contribution in [0.5, 0.6) is 11.5 Å². The molecule has 0 aliphatic carbocycles. The molecule has 0 saturated heterocycles. The number of ether oxygens (including phenoxy) is 6. The summed E-state index contributed by atoms with van der Waals surface area (Å²) >= 11 is 0. The van der Waals surface area contributed by atoms with Gasteiger partial charge in [0.25, 0.3) is 11.8 Å². The molecule has 0 bridgehead atoms. The lowest BCUT2D eigenvalue weighted by Gasteiger charge is -2.10. The zero-order valence-corrected chi connectivity index (χ0v) is 23.2. The quantitative estimate of drug-likeness (QED) is 0.156. The van der Waals surface area contributed by atoms with Crippen LogP contribution in [0, 0.1) is 0 Å². The maximum atomic E-state index is 11.9. The van der Waals surface area contributed by atoms with E-state index >= 15 is 0 Å². The number of esters is 4. The number of hydrogen-bond acceptors (Lipinski definition) is 12. The van der Waals surface area contributed by atoms with Gasteiger partial charge in [-0.05, 0) is 48.5 Å². The smallest absolute Gasteiger partial charge is 0.344 e. The molecular formula is C28H32N2O12. The van der Waals surface area contributed by atoms with Gasteiger partial charge < -0.3 is 39.1 Å². The van der Waals surface area contributed by atoms with Gasteiger partial charge in [0.05, 0.1) is 0 Å². The predicted molar refractivity (Wildman–Crippen MR) is 146 cm³/mol. The second-order valence-corrected chi connectivity index (χ2v) is 8.19. The van der Waals surface area contributed by atoms with Crippen molar-refractivity contribution in [1.29, 1.82) is 0 Å². The first-order chi connectivity index (χ1) is 20.2. The Labute approximate surface area is 241 Å². The van der Waals surface area contributed by atoms with Crippen molar-refractivity contribution in [2.24, 2.45) is 0 Å². The molecule has 0 radical (unpaired) electrons. The van der Waals surface area contributed by atoms with Gasteiger partial charge in [-0.15, -0.1) is 0 Å². The lowest BCUT2D eigenvalue weighted by molar-refractivity contribution is -0.154. The summed E-state index contributed by atoms with van der Waals surface area (Å²) in [5.41, 5.74) is 0.893. The van der Waals surface area contributed by atoms with Crippen molar-refractivity contribution >= 4 is 47.1 Å². The largest absolute Gasteiger partial charge is 0.482 e. The number of benzene rings is 2. The Morgan fingerprint density at radius 1 is 0.500 bits per heavy atom. The van der Waals surface area contributed by atoms with Crippen LogP contribution >= 0.6 is 0 Å². The van der Waals surface area contributed by atoms with E-state index in [9.17, 15) is 28.8 Å². The van der Waals surface area contributed by atoms with E-state index in [4.69, 9.17) is 28.4 Å². The van der Waals surface area contributed by atoms with Crippen molar-refractivity contribution in [2.75, 3.05) is 50.3 Å². The first-order valence-corrected chi connectivity index (χ1v) is 12.9.